The Morgan fingerprint density at radius 3 is 2.48 bits per heavy atom. The van der Waals surface area contributed by atoms with Crippen molar-refractivity contribution in [3.05, 3.63) is 76.6 Å². The number of aryl methyl sites for hydroxylation is 1. The molecular weight excluding hydrogens is 457 g/mol. The van der Waals surface area contributed by atoms with Crippen LogP contribution in [0.25, 0.3) is 16.9 Å². The fraction of sp³-hybridized carbons (Fsp3) is 0.174. The smallest absolute Gasteiger partial charge is 0.433 e. The summed E-state index contributed by atoms with van der Waals surface area (Å²) in [6, 6.07) is 14.3. The minimum Gasteiger partial charge on any atom is -0.497 e. The van der Waals surface area contributed by atoms with Gasteiger partial charge in [-0.2, -0.15) is 18.3 Å². The highest BCUT2D eigenvalue weighted by molar-refractivity contribution is 6.37. The number of hydrogen-bond acceptors (Lipinski definition) is 4. The van der Waals surface area contributed by atoms with E-state index in [0.29, 0.717) is 27.9 Å². The topological polar surface area (TPSA) is 68.5 Å². The first-order valence-electron chi connectivity index (χ1n) is 9.93. The molecule has 10 heteroatoms. The van der Waals surface area contributed by atoms with E-state index in [1.165, 1.54) is 7.11 Å². The highest BCUT2D eigenvalue weighted by atomic mass is 35.5. The van der Waals surface area contributed by atoms with Crippen molar-refractivity contribution in [3.8, 4) is 17.0 Å². The van der Waals surface area contributed by atoms with Gasteiger partial charge >= 0.3 is 6.18 Å². The van der Waals surface area contributed by atoms with E-state index in [9.17, 15) is 18.0 Å². The van der Waals surface area contributed by atoms with E-state index in [0.717, 1.165) is 11.6 Å². The Kier molecular flexibility index (Phi) is 5.99. The van der Waals surface area contributed by atoms with Gasteiger partial charge in [-0.3, -0.25) is 4.79 Å². The number of anilines is 1. The summed E-state index contributed by atoms with van der Waals surface area (Å²) in [7, 11) is 1.48. The lowest BCUT2D eigenvalue weighted by Crippen LogP contribution is -2.16. The number of halogens is 4. The highest BCUT2D eigenvalue weighted by Crippen LogP contribution is 2.35. The zero-order valence-corrected chi connectivity index (χ0v) is 18.3. The van der Waals surface area contributed by atoms with Crippen LogP contribution >= 0.6 is 11.6 Å². The molecule has 0 aliphatic carbocycles. The molecule has 33 heavy (non-hydrogen) atoms. The van der Waals surface area contributed by atoms with Crippen LogP contribution in [0.2, 0.25) is 5.02 Å². The normalized spacial score (nSPS) is 11.6. The van der Waals surface area contributed by atoms with Gasteiger partial charge in [-0.1, -0.05) is 36.7 Å². The number of nitrogens with zero attached hydrogens (tertiary/aromatic N) is 3. The summed E-state index contributed by atoms with van der Waals surface area (Å²) in [4.78, 5) is 17.1. The number of carbonyl (C=O) groups is 1. The highest BCUT2D eigenvalue weighted by Gasteiger charge is 2.36. The van der Waals surface area contributed by atoms with E-state index >= 15 is 0 Å². The summed E-state index contributed by atoms with van der Waals surface area (Å²) in [5.74, 6) is -0.185. The van der Waals surface area contributed by atoms with Crippen LogP contribution < -0.4 is 10.1 Å². The van der Waals surface area contributed by atoms with Crippen molar-refractivity contribution in [2.75, 3.05) is 12.4 Å². The summed E-state index contributed by atoms with van der Waals surface area (Å²) in [6.45, 7) is 1.92. The minimum atomic E-state index is -4.76. The van der Waals surface area contributed by atoms with Crippen LogP contribution in [0.15, 0.2) is 54.6 Å². The average Bonchev–Trinajstić information content (AvgIpc) is 3.14. The summed E-state index contributed by atoms with van der Waals surface area (Å²) in [5.41, 5.74) is 0.112. The van der Waals surface area contributed by atoms with Crippen molar-refractivity contribution >= 4 is 28.8 Å². The number of rotatable bonds is 5. The maximum absolute atomic E-state index is 13.9. The molecule has 4 aromatic rings. The lowest BCUT2D eigenvalue weighted by atomic mass is 10.1. The van der Waals surface area contributed by atoms with Crippen molar-refractivity contribution in [1.29, 1.82) is 0 Å². The third-order valence-corrected chi connectivity index (χ3v) is 5.42. The number of carbonyl (C=O) groups excluding carboxylic acids is 1. The molecule has 2 heterocycles. The molecule has 0 unspecified atom stereocenters. The van der Waals surface area contributed by atoms with E-state index in [2.05, 4.69) is 15.4 Å². The Balaban J connectivity index is 1.83. The Labute approximate surface area is 192 Å². The molecule has 170 valence electrons. The lowest BCUT2D eigenvalue weighted by Gasteiger charge is -2.11. The van der Waals surface area contributed by atoms with Crippen LogP contribution in [-0.4, -0.2) is 27.6 Å². The third kappa shape index (κ3) is 4.36. The van der Waals surface area contributed by atoms with Crippen LogP contribution in [0.4, 0.5) is 18.9 Å². The zero-order chi connectivity index (χ0) is 23.8. The van der Waals surface area contributed by atoms with Gasteiger partial charge in [0.1, 0.15) is 10.8 Å². The van der Waals surface area contributed by atoms with Gasteiger partial charge < -0.3 is 10.1 Å². The number of alkyl halides is 3. The number of hydrogen-bond donors (Lipinski definition) is 1. The quantitative estimate of drug-likeness (QED) is 0.391. The zero-order valence-electron chi connectivity index (χ0n) is 17.6. The van der Waals surface area contributed by atoms with Gasteiger partial charge in [0, 0.05) is 11.3 Å². The van der Waals surface area contributed by atoms with Crippen molar-refractivity contribution in [1.82, 2.24) is 14.6 Å². The maximum Gasteiger partial charge on any atom is 0.433 e. The first-order valence-corrected chi connectivity index (χ1v) is 10.3. The molecule has 6 nitrogen and oxygen atoms in total. The Morgan fingerprint density at radius 2 is 1.85 bits per heavy atom. The molecule has 1 amide bonds. The number of para-hydroxylation sites is 1. The van der Waals surface area contributed by atoms with Gasteiger partial charge in [-0.05, 0) is 48.4 Å². The van der Waals surface area contributed by atoms with Gasteiger partial charge in [0.2, 0.25) is 0 Å². The van der Waals surface area contributed by atoms with Crippen molar-refractivity contribution in [2.45, 2.75) is 19.5 Å². The summed E-state index contributed by atoms with van der Waals surface area (Å²) < 4.78 is 47.2. The molecule has 4 rings (SSSR count). The number of ether oxygens (including phenoxy) is 1. The van der Waals surface area contributed by atoms with Gasteiger partial charge in [0.25, 0.3) is 5.91 Å². The third-order valence-electron chi connectivity index (χ3n) is 5.07. The van der Waals surface area contributed by atoms with Gasteiger partial charge in [0.05, 0.1) is 12.8 Å². The number of aromatic nitrogens is 3. The molecule has 0 fully saturated rings. The maximum atomic E-state index is 13.9. The summed E-state index contributed by atoms with van der Waals surface area (Å²) in [5, 5.41) is 6.26. The van der Waals surface area contributed by atoms with E-state index in [4.69, 9.17) is 16.3 Å². The molecule has 0 aliphatic heterocycles. The van der Waals surface area contributed by atoms with Gasteiger partial charge in [-0.25, -0.2) is 9.50 Å². The second-order valence-corrected chi connectivity index (χ2v) is 7.49. The van der Waals surface area contributed by atoms with Crippen LogP contribution in [0.5, 0.6) is 5.75 Å². The number of benzene rings is 2. The molecule has 0 saturated carbocycles. The second kappa shape index (κ2) is 8.74. The number of amides is 1. The van der Waals surface area contributed by atoms with Crippen LogP contribution in [0, 0.1) is 0 Å². The van der Waals surface area contributed by atoms with Crippen LogP contribution in [0.3, 0.4) is 0 Å². The fourth-order valence-electron chi connectivity index (χ4n) is 3.38. The van der Waals surface area contributed by atoms with E-state index in [1.807, 2.05) is 19.1 Å². The molecule has 0 bridgehead atoms. The summed E-state index contributed by atoms with van der Waals surface area (Å²) in [6.07, 6.45) is -4.11. The summed E-state index contributed by atoms with van der Waals surface area (Å²) >= 11 is 6.33. The second-order valence-electron chi connectivity index (χ2n) is 7.12. The van der Waals surface area contributed by atoms with E-state index < -0.39 is 17.8 Å². The molecule has 0 saturated heterocycles. The molecule has 0 aliphatic rings. The number of nitrogens with one attached hydrogen (secondary N) is 1. The van der Waals surface area contributed by atoms with Crippen molar-refractivity contribution < 1.29 is 22.7 Å². The molecule has 0 radical (unpaired) electrons. The first kappa shape index (κ1) is 22.6. The molecular formula is C23H18ClF3N4O2. The molecule has 0 atom stereocenters. The largest absolute Gasteiger partial charge is 0.497 e. The Morgan fingerprint density at radius 1 is 1.15 bits per heavy atom. The van der Waals surface area contributed by atoms with Crippen LogP contribution in [0.1, 0.15) is 28.7 Å². The molecule has 2 aromatic carbocycles. The van der Waals surface area contributed by atoms with Crippen LogP contribution in [-0.2, 0) is 12.6 Å². The predicted octanol–water partition coefficient (Wildman–Crippen LogP) is 5.89. The molecule has 0 spiro atoms. The fourth-order valence-corrected chi connectivity index (χ4v) is 3.63. The van der Waals surface area contributed by atoms with Crippen molar-refractivity contribution in [2.24, 2.45) is 0 Å². The number of fused-ring (bicyclic) bond motifs is 1. The van der Waals surface area contributed by atoms with E-state index in [-0.39, 0.29) is 22.1 Å². The minimum absolute atomic E-state index is 0.0302. The standard InChI is InChI=1S/C23H18ClF3N4O2/c1-3-13-6-4-5-7-16(13)29-22(32)20-19(24)21-28-17(14-8-10-15(33-2)11-9-14)12-18(23(25,26)27)31(21)30-20/h4-12H,3H2,1-2H3,(H,29,32). The average molecular weight is 475 g/mol. The van der Waals surface area contributed by atoms with E-state index in [1.54, 1.807) is 36.4 Å². The molecule has 2 aromatic heterocycles. The van der Waals surface area contributed by atoms with Crippen molar-refractivity contribution in [3.63, 3.8) is 0 Å². The lowest BCUT2D eigenvalue weighted by molar-refractivity contribution is -0.142. The Hall–Kier alpha value is -3.59. The SMILES string of the molecule is CCc1ccccc1NC(=O)c1nn2c(C(F)(F)F)cc(-c3ccc(OC)cc3)nc2c1Cl. The molecule has 1 N–H and O–H groups in total. The predicted molar refractivity (Wildman–Crippen MR) is 119 cm³/mol. The van der Waals surface area contributed by atoms with Gasteiger partial charge in [-0.15, -0.1) is 0 Å². The Bertz CT molecular complexity index is 1330. The van der Waals surface area contributed by atoms with Gasteiger partial charge in [0.15, 0.2) is 17.0 Å². The first-order chi connectivity index (χ1) is 15.7. The monoisotopic (exact) mass is 474 g/mol. The number of methoxy groups -OCH3 is 1.